The lowest BCUT2D eigenvalue weighted by Gasteiger charge is -2.36. The molecule has 0 aliphatic carbocycles. The number of piperidine rings is 1. The Bertz CT molecular complexity index is 886. The number of rotatable bonds is 5. The SMILES string of the molecule is CC(=O)NCc1ccc(C(=O)N2CCCCC2c2ccc(C(=O)O)n2C)cc1. The molecule has 2 N–H and O–H groups in total. The summed E-state index contributed by atoms with van der Waals surface area (Å²) < 4.78 is 1.66. The molecule has 0 saturated carbocycles. The van der Waals surface area contributed by atoms with Crippen molar-refractivity contribution in [1.82, 2.24) is 14.8 Å². The molecule has 2 heterocycles. The maximum atomic E-state index is 13.1. The average Bonchev–Trinajstić information content (AvgIpc) is 3.07. The lowest BCUT2D eigenvalue weighted by Crippen LogP contribution is -2.39. The fourth-order valence-corrected chi connectivity index (χ4v) is 3.72. The molecule has 28 heavy (non-hydrogen) atoms. The maximum absolute atomic E-state index is 13.1. The quantitative estimate of drug-likeness (QED) is 0.830. The first-order valence-electron chi connectivity index (χ1n) is 9.41. The number of benzene rings is 1. The standard InChI is InChI=1S/C21H25N3O4/c1-14(25)22-13-15-6-8-16(9-7-15)20(26)24-12-4-3-5-18(24)17-10-11-19(21(27)28)23(17)2/h6-11,18H,3-5,12-13H2,1-2H3,(H,22,25)(H,27,28). The Morgan fingerprint density at radius 3 is 2.43 bits per heavy atom. The molecule has 2 aromatic rings. The maximum Gasteiger partial charge on any atom is 0.352 e. The van der Waals surface area contributed by atoms with Crippen molar-refractivity contribution >= 4 is 17.8 Å². The first kappa shape index (κ1) is 19.7. The largest absolute Gasteiger partial charge is 0.477 e. The van der Waals surface area contributed by atoms with Gasteiger partial charge in [-0.15, -0.1) is 0 Å². The summed E-state index contributed by atoms with van der Waals surface area (Å²) in [4.78, 5) is 37.4. The molecule has 1 aromatic carbocycles. The Morgan fingerprint density at radius 1 is 1.11 bits per heavy atom. The molecule has 0 bridgehead atoms. The van der Waals surface area contributed by atoms with Gasteiger partial charge in [0.05, 0.1) is 6.04 Å². The highest BCUT2D eigenvalue weighted by atomic mass is 16.4. The first-order valence-corrected chi connectivity index (χ1v) is 9.41. The van der Waals surface area contributed by atoms with Crippen LogP contribution >= 0.6 is 0 Å². The van der Waals surface area contributed by atoms with Gasteiger partial charge in [0.1, 0.15) is 5.69 Å². The fraction of sp³-hybridized carbons (Fsp3) is 0.381. The number of likely N-dealkylation sites (tertiary alicyclic amines) is 1. The minimum Gasteiger partial charge on any atom is -0.477 e. The van der Waals surface area contributed by atoms with E-state index in [1.807, 2.05) is 17.0 Å². The second-order valence-corrected chi connectivity index (χ2v) is 7.12. The number of hydrogen-bond donors (Lipinski definition) is 2. The number of carboxylic acid groups (broad SMARTS) is 1. The lowest BCUT2D eigenvalue weighted by atomic mass is 9.98. The molecule has 7 nitrogen and oxygen atoms in total. The second-order valence-electron chi connectivity index (χ2n) is 7.12. The van der Waals surface area contributed by atoms with Crippen LogP contribution in [0.15, 0.2) is 36.4 Å². The number of amides is 2. The van der Waals surface area contributed by atoms with Gasteiger partial charge in [-0.3, -0.25) is 9.59 Å². The molecule has 1 saturated heterocycles. The molecule has 1 unspecified atom stereocenters. The smallest absolute Gasteiger partial charge is 0.352 e. The zero-order chi connectivity index (χ0) is 20.3. The van der Waals surface area contributed by atoms with Crippen LogP contribution < -0.4 is 5.32 Å². The Labute approximate surface area is 164 Å². The van der Waals surface area contributed by atoms with Crippen LogP contribution in [0, 0.1) is 0 Å². The summed E-state index contributed by atoms with van der Waals surface area (Å²) in [5.74, 6) is -1.13. The van der Waals surface area contributed by atoms with Crippen molar-refractivity contribution < 1.29 is 19.5 Å². The van der Waals surface area contributed by atoms with Gasteiger partial charge in [-0.25, -0.2) is 4.79 Å². The average molecular weight is 383 g/mol. The highest BCUT2D eigenvalue weighted by molar-refractivity contribution is 5.94. The van der Waals surface area contributed by atoms with Crippen molar-refractivity contribution in [3.63, 3.8) is 0 Å². The van der Waals surface area contributed by atoms with Gasteiger partial charge in [0, 0.05) is 38.3 Å². The Morgan fingerprint density at radius 2 is 1.82 bits per heavy atom. The lowest BCUT2D eigenvalue weighted by molar-refractivity contribution is -0.119. The number of aromatic nitrogens is 1. The van der Waals surface area contributed by atoms with Crippen molar-refractivity contribution in [2.45, 2.75) is 38.8 Å². The highest BCUT2D eigenvalue weighted by Crippen LogP contribution is 2.33. The highest BCUT2D eigenvalue weighted by Gasteiger charge is 2.31. The molecule has 0 spiro atoms. The van der Waals surface area contributed by atoms with Crippen LogP contribution in [-0.4, -0.2) is 38.9 Å². The van der Waals surface area contributed by atoms with Gasteiger partial charge in [-0.1, -0.05) is 12.1 Å². The molecule has 0 radical (unpaired) electrons. The fourth-order valence-electron chi connectivity index (χ4n) is 3.72. The van der Waals surface area contributed by atoms with Gasteiger partial charge in [-0.2, -0.15) is 0 Å². The number of nitrogens with zero attached hydrogens (tertiary/aromatic N) is 2. The number of hydrogen-bond acceptors (Lipinski definition) is 3. The zero-order valence-electron chi connectivity index (χ0n) is 16.1. The second kappa shape index (κ2) is 8.29. The summed E-state index contributed by atoms with van der Waals surface area (Å²) in [5, 5.41) is 12.0. The summed E-state index contributed by atoms with van der Waals surface area (Å²) in [6.45, 7) is 2.54. The van der Waals surface area contributed by atoms with E-state index < -0.39 is 5.97 Å². The number of carboxylic acids is 1. The minimum atomic E-state index is -0.975. The number of nitrogens with one attached hydrogen (secondary N) is 1. The molecule has 2 amide bonds. The monoisotopic (exact) mass is 383 g/mol. The number of carbonyl (C=O) groups excluding carboxylic acids is 2. The van der Waals surface area contributed by atoms with Crippen molar-refractivity contribution in [2.75, 3.05) is 6.54 Å². The minimum absolute atomic E-state index is 0.0612. The van der Waals surface area contributed by atoms with Gasteiger partial charge in [0.25, 0.3) is 5.91 Å². The molecule has 3 rings (SSSR count). The van der Waals surface area contributed by atoms with Gasteiger partial charge in [0.15, 0.2) is 0 Å². The summed E-state index contributed by atoms with van der Waals surface area (Å²) in [6, 6.07) is 10.5. The first-order chi connectivity index (χ1) is 13.4. The Balaban J connectivity index is 1.81. The van der Waals surface area contributed by atoms with Crippen molar-refractivity contribution in [3.05, 3.63) is 58.9 Å². The van der Waals surface area contributed by atoms with E-state index in [9.17, 15) is 19.5 Å². The zero-order valence-corrected chi connectivity index (χ0v) is 16.1. The van der Waals surface area contributed by atoms with E-state index in [1.165, 1.54) is 6.92 Å². The molecule has 1 atom stereocenters. The summed E-state index contributed by atoms with van der Waals surface area (Å²) >= 11 is 0. The molecular formula is C21H25N3O4. The van der Waals surface area contributed by atoms with Gasteiger partial charge in [-0.05, 0) is 49.1 Å². The summed E-state index contributed by atoms with van der Waals surface area (Å²) in [5.41, 5.74) is 2.57. The van der Waals surface area contributed by atoms with E-state index in [0.29, 0.717) is 18.7 Å². The molecule has 1 aliphatic heterocycles. The van der Waals surface area contributed by atoms with Crippen LogP contribution in [0.2, 0.25) is 0 Å². The van der Waals surface area contributed by atoms with Crippen LogP contribution in [0.25, 0.3) is 0 Å². The topological polar surface area (TPSA) is 91.6 Å². The predicted octanol–water partition coefficient (Wildman–Crippen LogP) is 2.73. The molecule has 1 fully saturated rings. The van der Waals surface area contributed by atoms with Gasteiger partial charge >= 0.3 is 5.97 Å². The van der Waals surface area contributed by atoms with E-state index in [2.05, 4.69) is 5.32 Å². The molecule has 7 heteroatoms. The molecule has 1 aromatic heterocycles. The van der Waals surface area contributed by atoms with Gasteiger partial charge in [0.2, 0.25) is 5.91 Å². The molecule has 1 aliphatic rings. The number of aromatic carboxylic acids is 1. The third kappa shape index (κ3) is 4.08. The van der Waals surface area contributed by atoms with E-state index in [-0.39, 0.29) is 23.6 Å². The number of carbonyl (C=O) groups is 3. The third-order valence-corrected chi connectivity index (χ3v) is 5.23. The summed E-state index contributed by atoms with van der Waals surface area (Å²) in [7, 11) is 1.73. The molecule has 148 valence electrons. The van der Waals surface area contributed by atoms with Crippen molar-refractivity contribution in [3.8, 4) is 0 Å². The Hall–Kier alpha value is -3.09. The summed E-state index contributed by atoms with van der Waals surface area (Å²) in [6.07, 6.45) is 2.74. The van der Waals surface area contributed by atoms with Crippen LogP contribution in [0.4, 0.5) is 0 Å². The van der Waals surface area contributed by atoms with Crippen molar-refractivity contribution in [1.29, 1.82) is 0 Å². The van der Waals surface area contributed by atoms with Crippen LogP contribution in [0.3, 0.4) is 0 Å². The normalized spacial score (nSPS) is 16.6. The third-order valence-electron chi connectivity index (χ3n) is 5.23. The molecular weight excluding hydrogens is 358 g/mol. The van der Waals surface area contributed by atoms with Crippen LogP contribution in [0.1, 0.15) is 64.3 Å². The van der Waals surface area contributed by atoms with Crippen molar-refractivity contribution in [2.24, 2.45) is 7.05 Å². The van der Waals surface area contributed by atoms with E-state index in [1.54, 1.807) is 35.9 Å². The van der Waals surface area contributed by atoms with E-state index >= 15 is 0 Å². The van der Waals surface area contributed by atoms with E-state index in [0.717, 1.165) is 30.5 Å². The Kier molecular flexibility index (Phi) is 5.82. The van der Waals surface area contributed by atoms with E-state index in [4.69, 9.17) is 0 Å². The van der Waals surface area contributed by atoms with Crippen LogP contribution in [0.5, 0.6) is 0 Å². The van der Waals surface area contributed by atoms with Gasteiger partial charge < -0.3 is 19.9 Å². The predicted molar refractivity (Wildman–Crippen MR) is 104 cm³/mol. The van der Waals surface area contributed by atoms with Crippen LogP contribution in [-0.2, 0) is 18.4 Å².